The Labute approximate surface area is 75.9 Å². The fourth-order valence-corrected chi connectivity index (χ4v) is 1.52. The van der Waals surface area contributed by atoms with Crippen molar-refractivity contribution in [2.45, 2.75) is 12.5 Å². The lowest BCUT2D eigenvalue weighted by Gasteiger charge is -2.28. The largest absolute Gasteiger partial charge is 0.397 e. The first kappa shape index (κ1) is 7.83. The number of nitrogens with one attached hydrogen (secondary N) is 1. The Hall–Kier alpha value is -0.800. The normalized spacial score (nSPS) is 21.9. The molecule has 0 saturated carbocycles. The molecule has 1 fully saturated rings. The van der Waals surface area contributed by atoms with E-state index >= 15 is 0 Å². The van der Waals surface area contributed by atoms with E-state index in [-0.39, 0.29) is 0 Å². The van der Waals surface area contributed by atoms with Crippen LogP contribution >= 0.6 is 11.6 Å². The molecule has 1 aliphatic rings. The SMILES string of the molecule is Nc1cnc(Cl)c([C@H]2CCN2)c1. The topological polar surface area (TPSA) is 50.9 Å². The van der Waals surface area contributed by atoms with Crippen molar-refractivity contribution in [3.05, 3.63) is 23.0 Å². The van der Waals surface area contributed by atoms with Crippen LogP contribution in [0.4, 0.5) is 5.69 Å². The van der Waals surface area contributed by atoms with Crippen molar-refractivity contribution in [3.63, 3.8) is 0 Å². The van der Waals surface area contributed by atoms with Crippen molar-refractivity contribution < 1.29 is 0 Å². The van der Waals surface area contributed by atoms with Gasteiger partial charge in [0.05, 0.1) is 11.9 Å². The first-order chi connectivity index (χ1) is 5.77. The Morgan fingerprint density at radius 2 is 2.42 bits per heavy atom. The average molecular weight is 184 g/mol. The maximum Gasteiger partial charge on any atom is 0.133 e. The van der Waals surface area contributed by atoms with Crippen molar-refractivity contribution >= 4 is 17.3 Å². The van der Waals surface area contributed by atoms with E-state index in [9.17, 15) is 0 Å². The predicted molar refractivity (Wildman–Crippen MR) is 49.0 cm³/mol. The van der Waals surface area contributed by atoms with Crippen LogP contribution in [-0.4, -0.2) is 11.5 Å². The van der Waals surface area contributed by atoms with Gasteiger partial charge in [-0.1, -0.05) is 11.6 Å². The van der Waals surface area contributed by atoms with Gasteiger partial charge in [-0.25, -0.2) is 4.98 Å². The Balaban J connectivity index is 2.34. The summed E-state index contributed by atoms with van der Waals surface area (Å²) in [5.74, 6) is 0. The summed E-state index contributed by atoms with van der Waals surface area (Å²) in [5.41, 5.74) is 7.28. The van der Waals surface area contributed by atoms with Gasteiger partial charge < -0.3 is 11.1 Å². The molecule has 0 aromatic carbocycles. The van der Waals surface area contributed by atoms with Crippen LogP contribution in [0.25, 0.3) is 0 Å². The third-order valence-corrected chi connectivity index (χ3v) is 2.40. The first-order valence-electron chi connectivity index (χ1n) is 3.91. The molecule has 0 aliphatic carbocycles. The molecule has 4 heteroatoms. The van der Waals surface area contributed by atoms with E-state index in [1.54, 1.807) is 6.20 Å². The van der Waals surface area contributed by atoms with Crippen molar-refractivity contribution in [1.29, 1.82) is 0 Å². The molecule has 1 saturated heterocycles. The van der Waals surface area contributed by atoms with Crippen LogP contribution in [0, 0.1) is 0 Å². The Morgan fingerprint density at radius 3 is 3.00 bits per heavy atom. The van der Waals surface area contributed by atoms with Crippen LogP contribution in [0.2, 0.25) is 5.15 Å². The third-order valence-electron chi connectivity index (χ3n) is 2.09. The summed E-state index contributed by atoms with van der Waals surface area (Å²) in [7, 11) is 0. The number of nitrogens with zero attached hydrogens (tertiary/aromatic N) is 1. The van der Waals surface area contributed by atoms with E-state index < -0.39 is 0 Å². The molecule has 3 nitrogen and oxygen atoms in total. The highest BCUT2D eigenvalue weighted by molar-refractivity contribution is 6.30. The number of hydrogen-bond acceptors (Lipinski definition) is 3. The molecule has 0 bridgehead atoms. The van der Waals surface area contributed by atoms with Crippen LogP contribution in [-0.2, 0) is 0 Å². The van der Waals surface area contributed by atoms with Gasteiger partial charge in [0.1, 0.15) is 5.15 Å². The van der Waals surface area contributed by atoms with Gasteiger partial charge >= 0.3 is 0 Å². The fraction of sp³-hybridized carbons (Fsp3) is 0.375. The van der Waals surface area contributed by atoms with Crippen LogP contribution in [0.15, 0.2) is 12.3 Å². The lowest BCUT2D eigenvalue weighted by Crippen LogP contribution is -2.35. The number of halogens is 1. The van der Waals surface area contributed by atoms with Crippen molar-refractivity contribution in [1.82, 2.24) is 10.3 Å². The maximum absolute atomic E-state index is 5.90. The molecule has 2 heterocycles. The van der Waals surface area contributed by atoms with E-state index in [4.69, 9.17) is 17.3 Å². The number of nitrogens with two attached hydrogens (primary N) is 1. The highest BCUT2D eigenvalue weighted by atomic mass is 35.5. The number of pyridine rings is 1. The minimum Gasteiger partial charge on any atom is -0.397 e. The van der Waals surface area contributed by atoms with Crippen LogP contribution < -0.4 is 11.1 Å². The molecule has 64 valence electrons. The second kappa shape index (κ2) is 2.92. The molecule has 3 N–H and O–H groups in total. The molecule has 0 spiro atoms. The predicted octanol–water partition coefficient (Wildman–Crippen LogP) is 1.35. The minimum absolute atomic E-state index is 0.355. The Kier molecular flexibility index (Phi) is 1.90. The quantitative estimate of drug-likeness (QED) is 0.647. The number of rotatable bonds is 1. The first-order valence-corrected chi connectivity index (χ1v) is 4.29. The summed E-state index contributed by atoms with van der Waals surface area (Å²) in [5, 5.41) is 3.81. The molecule has 0 unspecified atom stereocenters. The zero-order valence-corrected chi connectivity index (χ0v) is 7.30. The van der Waals surface area contributed by atoms with Crippen molar-refractivity contribution in [3.8, 4) is 0 Å². The second-order valence-corrected chi connectivity index (χ2v) is 3.30. The molecule has 1 aromatic heterocycles. The zero-order chi connectivity index (χ0) is 8.55. The molecule has 0 radical (unpaired) electrons. The van der Waals surface area contributed by atoms with Crippen molar-refractivity contribution in [2.75, 3.05) is 12.3 Å². The summed E-state index contributed by atoms with van der Waals surface area (Å²) in [6.07, 6.45) is 2.69. The van der Waals surface area contributed by atoms with Crippen LogP contribution in [0.3, 0.4) is 0 Å². The molecule has 12 heavy (non-hydrogen) atoms. The van der Waals surface area contributed by atoms with Crippen LogP contribution in [0.1, 0.15) is 18.0 Å². The molecule has 0 amide bonds. The third kappa shape index (κ3) is 1.26. The smallest absolute Gasteiger partial charge is 0.133 e. The average Bonchev–Trinajstić information content (AvgIpc) is 1.93. The van der Waals surface area contributed by atoms with E-state index in [0.29, 0.717) is 16.9 Å². The zero-order valence-electron chi connectivity index (χ0n) is 6.55. The van der Waals surface area contributed by atoms with E-state index in [2.05, 4.69) is 10.3 Å². The molecular weight excluding hydrogens is 174 g/mol. The van der Waals surface area contributed by atoms with Crippen LogP contribution in [0.5, 0.6) is 0 Å². The maximum atomic E-state index is 5.90. The Morgan fingerprint density at radius 1 is 1.67 bits per heavy atom. The van der Waals surface area contributed by atoms with Gasteiger partial charge in [-0.2, -0.15) is 0 Å². The lowest BCUT2D eigenvalue weighted by atomic mass is 9.99. The molecule has 2 rings (SSSR count). The minimum atomic E-state index is 0.355. The number of nitrogen functional groups attached to an aromatic ring is 1. The summed E-state index contributed by atoms with van der Waals surface area (Å²) >= 11 is 5.90. The lowest BCUT2D eigenvalue weighted by molar-refractivity contribution is 0.383. The highest BCUT2D eigenvalue weighted by Crippen LogP contribution is 2.28. The number of hydrogen-bond donors (Lipinski definition) is 2. The van der Waals surface area contributed by atoms with E-state index in [1.807, 2.05) is 6.07 Å². The van der Waals surface area contributed by atoms with Gasteiger partial charge in [0.25, 0.3) is 0 Å². The van der Waals surface area contributed by atoms with Gasteiger partial charge in [0.2, 0.25) is 0 Å². The van der Waals surface area contributed by atoms with Gasteiger partial charge in [0.15, 0.2) is 0 Å². The van der Waals surface area contributed by atoms with Gasteiger partial charge in [0, 0.05) is 11.6 Å². The monoisotopic (exact) mass is 183 g/mol. The van der Waals surface area contributed by atoms with E-state index in [1.165, 1.54) is 0 Å². The second-order valence-electron chi connectivity index (χ2n) is 2.94. The summed E-state index contributed by atoms with van der Waals surface area (Å²) < 4.78 is 0. The van der Waals surface area contributed by atoms with E-state index in [0.717, 1.165) is 18.5 Å². The molecule has 1 atom stereocenters. The standard InChI is InChI=1S/C8H10ClN3/c9-8-6(7-1-2-11-7)3-5(10)4-12-8/h3-4,7,11H,1-2,10H2/t7-/m1/s1. The van der Waals surface area contributed by atoms with Gasteiger partial charge in [-0.3, -0.25) is 0 Å². The summed E-state index contributed by atoms with van der Waals surface area (Å²) in [6, 6.07) is 2.24. The summed E-state index contributed by atoms with van der Waals surface area (Å²) in [4.78, 5) is 3.98. The number of anilines is 1. The molecule has 1 aliphatic heterocycles. The molecule has 1 aromatic rings. The number of aromatic nitrogens is 1. The van der Waals surface area contributed by atoms with Gasteiger partial charge in [-0.05, 0) is 19.0 Å². The highest BCUT2D eigenvalue weighted by Gasteiger charge is 2.21. The summed E-state index contributed by atoms with van der Waals surface area (Å²) in [6.45, 7) is 1.05. The van der Waals surface area contributed by atoms with Gasteiger partial charge in [-0.15, -0.1) is 0 Å². The Bertz CT molecular complexity index is 296. The fourth-order valence-electron chi connectivity index (χ4n) is 1.28. The van der Waals surface area contributed by atoms with Crippen molar-refractivity contribution in [2.24, 2.45) is 0 Å². The molecular formula is C8H10ClN3.